The Balaban J connectivity index is 2.02. The molecular weight excluding hydrogens is 308 g/mol. The summed E-state index contributed by atoms with van der Waals surface area (Å²) in [6, 6.07) is 0. The largest absolute Gasteiger partial charge is 0.509 e. The summed E-state index contributed by atoms with van der Waals surface area (Å²) < 4.78 is 16.0. The van der Waals surface area contributed by atoms with Gasteiger partial charge in [-0.25, -0.2) is 9.59 Å². The molecule has 0 aromatic carbocycles. The van der Waals surface area contributed by atoms with Gasteiger partial charge in [-0.05, 0) is 78.6 Å². The van der Waals surface area contributed by atoms with E-state index >= 15 is 0 Å². The van der Waals surface area contributed by atoms with E-state index in [1.807, 2.05) is 0 Å². The van der Waals surface area contributed by atoms with E-state index in [9.17, 15) is 9.59 Å². The Bertz CT molecular complexity index is 509. The fraction of sp³-hybridized carbons (Fsp3) is 0.789. The SMILES string of the molecule is CC(C)(C)OC(=O)OC(CC1CC2C=CC1C2)C(=O)OC(C)(C)C. The van der Waals surface area contributed by atoms with Gasteiger partial charge in [-0.15, -0.1) is 0 Å². The number of carbonyl (C=O) groups is 2. The fourth-order valence-corrected chi connectivity index (χ4v) is 3.39. The lowest BCUT2D eigenvalue weighted by molar-refractivity contribution is -0.168. The number of fused-ring (bicyclic) bond motifs is 2. The lowest BCUT2D eigenvalue weighted by Gasteiger charge is -2.28. The van der Waals surface area contributed by atoms with Crippen molar-refractivity contribution in [1.29, 1.82) is 0 Å². The summed E-state index contributed by atoms with van der Waals surface area (Å²) in [5.74, 6) is 0.919. The van der Waals surface area contributed by atoms with E-state index < -0.39 is 29.4 Å². The molecule has 0 saturated heterocycles. The molecule has 1 saturated carbocycles. The first-order valence-corrected chi connectivity index (χ1v) is 8.74. The third-order valence-electron chi connectivity index (χ3n) is 4.23. The highest BCUT2D eigenvalue weighted by Crippen LogP contribution is 2.45. The third-order valence-corrected chi connectivity index (χ3v) is 4.23. The molecule has 2 rings (SSSR count). The molecule has 5 heteroatoms. The van der Waals surface area contributed by atoms with E-state index in [2.05, 4.69) is 12.2 Å². The molecule has 24 heavy (non-hydrogen) atoms. The van der Waals surface area contributed by atoms with Gasteiger partial charge in [-0.1, -0.05) is 12.2 Å². The van der Waals surface area contributed by atoms with Crippen LogP contribution in [0.15, 0.2) is 12.2 Å². The lowest BCUT2D eigenvalue weighted by atomic mass is 9.88. The second kappa shape index (κ2) is 6.77. The van der Waals surface area contributed by atoms with Crippen molar-refractivity contribution in [2.45, 2.75) is 78.1 Å². The Hall–Kier alpha value is -1.52. The lowest BCUT2D eigenvalue weighted by Crippen LogP contribution is -2.38. The molecule has 5 nitrogen and oxygen atoms in total. The monoisotopic (exact) mass is 338 g/mol. The molecule has 0 N–H and O–H groups in total. The minimum atomic E-state index is -0.920. The van der Waals surface area contributed by atoms with Crippen molar-refractivity contribution in [2.75, 3.05) is 0 Å². The van der Waals surface area contributed by atoms with Crippen LogP contribution in [0.3, 0.4) is 0 Å². The second-order valence-electron chi connectivity index (χ2n) is 8.88. The number of rotatable bonds is 4. The highest BCUT2D eigenvalue weighted by atomic mass is 16.7. The quantitative estimate of drug-likeness (QED) is 0.566. The molecule has 2 bridgehead atoms. The predicted molar refractivity (Wildman–Crippen MR) is 90.4 cm³/mol. The molecule has 0 aromatic rings. The second-order valence-corrected chi connectivity index (χ2v) is 8.88. The van der Waals surface area contributed by atoms with Crippen LogP contribution in [0, 0.1) is 17.8 Å². The third kappa shape index (κ3) is 5.53. The number of carbonyl (C=O) groups excluding carboxylic acids is 2. The summed E-state index contributed by atoms with van der Waals surface area (Å²) in [5.41, 5.74) is -1.29. The number of hydrogen-bond donors (Lipinski definition) is 0. The van der Waals surface area contributed by atoms with Crippen LogP contribution in [-0.4, -0.2) is 29.4 Å². The zero-order chi connectivity index (χ0) is 18.1. The standard InChI is InChI=1S/C19H30O5/c1-18(2,3)23-16(20)15(22-17(21)24-19(4,5)6)11-14-10-12-7-8-13(14)9-12/h7-8,12-15H,9-11H2,1-6H3. The molecule has 0 amide bonds. The van der Waals surface area contributed by atoms with Gasteiger partial charge in [0.05, 0.1) is 0 Å². The number of allylic oxidation sites excluding steroid dienone is 2. The van der Waals surface area contributed by atoms with Crippen molar-refractivity contribution in [3.05, 3.63) is 12.2 Å². The Kier molecular flexibility index (Phi) is 5.31. The van der Waals surface area contributed by atoms with E-state index in [1.54, 1.807) is 41.5 Å². The molecule has 2 aliphatic carbocycles. The first-order valence-electron chi connectivity index (χ1n) is 8.74. The van der Waals surface area contributed by atoms with Crippen molar-refractivity contribution in [3.8, 4) is 0 Å². The summed E-state index contributed by atoms with van der Waals surface area (Å²) in [6.07, 6.45) is 5.39. The highest BCUT2D eigenvalue weighted by molar-refractivity contribution is 5.78. The normalized spacial score (nSPS) is 27.0. The van der Waals surface area contributed by atoms with E-state index in [0.717, 1.165) is 12.8 Å². The molecule has 136 valence electrons. The van der Waals surface area contributed by atoms with Gasteiger partial charge in [-0.2, -0.15) is 0 Å². The molecule has 0 heterocycles. The maximum atomic E-state index is 12.5. The summed E-state index contributed by atoms with van der Waals surface area (Å²) >= 11 is 0. The van der Waals surface area contributed by atoms with Crippen LogP contribution in [-0.2, 0) is 19.0 Å². The summed E-state index contributed by atoms with van der Waals surface area (Å²) in [6.45, 7) is 10.7. The van der Waals surface area contributed by atoms with Gasteiger partial charge in [0, 0.05) is 0 Å². The van der Waals surface area contributed by atoms with Crippen molar-refractivity contribution in [2.24, 2.45) is 17.8 Å². The molecule has 0 aromatic heterocycles. The molecule has 0 aliphatic heterocycles. The van der Waals surface area contributed by atoms with Crippen LogP contribution in [0.25, 0.3) is 0 Å². The smallest absolute Gasteiger partial charge is 0.457 e. The molecule has 4 atom stereocenters. The van der Waals surface area contributed by atoms with Crippen molar-refractivity contribution >= 4 is 12.1 Å². The van der Waals surface area contributed by atoms with Gasteiger partial charge in [0.15, 0.2) is 0 Å². The molecule has 1 fully saturated rings. The Morgan fingerprint density at radius 1 is 1.00 bits per heavy atom. The van der Waals surface area contributed by atoms with Gasteiger partial charge in [0.25, 0.3) is 0 Å². The Labute approximate surface area is 144 Å². The van der Waals surface area contributed by atoms with Gasteiger partial charge in [0.1, 0.15) is 11.2 Å². The molecular formula is C19H30O5. The Morgan fingerprint density at radius 3 is 2.08 bits per heavy atom. The maximum absolute atomic E-state index is 12.5. The van der Waals surface area contributed by atoms with E-state index in [0.29, 0.717) is 24.2 Å². The summed E-state index contributed by atoms with van der Waals surface area (Å²) in [7, 11) is 0. The zero-order valence-electron chi connectivity index (χ0n) is 15.6. The van der Waals surface area contributed by atoms with Gasteiger partial charge >= 0.3 is 12.1 Å². The highest BCUT2D eigenvalue weighted by Gasteiger charge is 2.40. The first-order chi connectivity index (χ1) is 10.9. The number of esters is 1. The predicted octanol–water partition coefficient (Wildman–Crippen LogP) is 4.25. The van der Waals surface area contributed by atoms with E-state index in [1.165, 1.54) is 0 Å². The molecule has 2 aliphatic rings. The Morgan fingerprint density at radius 2 is 1.62 bits per heavy atom. The van der Waals surface area contributed by atoms with E-state index in [-0.39, 0.29) is 0 Å². The van der Waals surface area contributed by atoms with Crippen LogP contribution in [0.4, 0.5) is 4.79 Å². The average molecular weight is 338 g/mol. The topological polar surface area (TPSA) is 61.8 Å². The van der Waals surface area contributed by atoms with Crippen LogP contribution < -0.4 is 0 Å². The van der Waals surface area contributed by atoms with Crippen LogP contribution in [0.2, 0.25) is 0 Å². The number of hydrogen-bond acceptors (Lipinski definition) is 5. The summed E-state index contributed by atoms with van der Waals surface area (Å²) in [5, 5.41) is 0. The molecule has 4 unspecified atom stereocenters. The zero-order valence-corrected chi connectivity index (χ0v) is 15.6. The van der Waals surface area contributed by atoms with Crippen LogP contribution >= 0.6 is 0 Å². The van der Waals surface area contributed by atoms with Crippen molar-refractivity contribution in [1.82, 2.24) is 0 Å². The van der Waals surface area contributed by atoms with Crippen LogP contribution in [0.5, 0.6) is 0 Å². The number of ether oxygens (including phenoxy) is 3. The molecule has 0 spiro atoms. The first kappa shape index (κ1) is 18.8. The molecule has 0 radical (unpaired) electrons. The van der Waals surface area contributed by atoms with Gasteiger partial charge in [-0.3, -0.25) is 0 Å². The fourth-order valence-electron chi connectivity index (χ4n) is 3.39. The van der Waals surface area contributed by atoms with Gasteiger partial charge < -0.3 is 14.2 Å². The van der Waals surface area contributed by atoms with Crippen molar-refractivity contribution < 1.29 is 23.8 Å². The van der Waals surface area contributed by atoms with Crippen molar-refractivity contribution in [3.63, 3.8) is 0 Å². The maximum Gasteiger partial charge on any atom is 0.509 e. The average Bonchev–Trinajstić information content (AvgIpc) is 2.95. The summed E-state index contributed by atoms with van der Waals surface area (Å²) in [4.78, 5) is 24.5. The van der Waals surface area contributed by atoms with E-state index in [4.69, 9.17) is 14.2 Å². The minimum absolute atomic E-state index is 0.347. The van der Waals surface area contributed by atoms with Crippen LogP contribution in [0.1, 0.15) is 60.8 Å². The van der Waals surface area contributed by atoms with Gasteiger partial charge in [0.2, 0.25) is 6.10 Å². The minimum Gasteiger partial charge on any atom is -0.457 e.